The Hall–Kier alpha value is -0.830. The molecule has 0 amide bonds. The van der Waals surface area contributed by atoms with E-state index in [0.717, 1.165) is 4.90 Å². The molecule has 0 spiro atoms. The van der Waals surface area contributed by atoms with Gasteiger partial charge in [-0.3, -0.25) is 9.69 Å². The minimum absolute atomic E-state index is 0.0588. The molecule has 0 aromatic rings. The Labute approximate surface area is 102 Å². The minimum Gasteiger partial charge on any atom is -0.481 e. The molecule has 1 aliphatic heterocycles. The highest BCUT2D eigenvalue weighted by molar-refractivity contribution is 7.91. The van der Waals surface area contributed by atoms with Gasteiger partial charge in [0.25, 0.3) is 0 Å². The molecule has 9 heteroatoms. The van der Waals surface area contributed by atoms with Crippen LogP contribution < -0.4 is 0 Å². The quantitative estimate of drug-likeness (QED) is 0.819. The normalized spacial score (nSPS) is 23.3. The van der Waals surface area contributed by atoms with Gasteiger partial charge in [-0.15, -0.1) is 0 Å². The van der Waals surface area contributed by atoms with Crippen LogP contribution in [0.2, 0.25) is 0 Å². The Kier molecular flexibility index (Phi) is 4.60. The van der Waals surface area contributed by atoms with Gasteiger partial charge in [0.05, 0.1) is 17.9 Å². The molecule has 1 fully saturated rings. The van der Waals surface area contributed by atoms with Crippen molar-refractivity contribution in [3.8, 4) is 0 Å². The van der Waals surface area contributed by atoms with Gasteiger partial charge in [-0.05, 0) is 13.0 Å². The van der Waals surface area contributed by atoms with E-state index < -0.39 is 34.4 Å². The summed E-state index contributed by atoms with van der Waals surface area (Å²) >= 11 is 0. The summed E-state index contributed by atoms with van der Waals surface area (Å²) in [7, 11) is -3.32. The first-order valence-electron chi connectivity index (χ1n) is 5.35. The van der Waals surface area contributed by atoms with Gasteiger partial charge in [0.15, 0.2) is 9.84 Å². The summed E-state index contributed by atoms with van der Waals surface area (Å²) in [5.74, 6) is -2.06. The monoisotopic (exact) mass is 289 g/mol. The zero-order valence-corrected chi connectivity index (χ0v) is 10.3. The van der Waals surface area contributed by atoms with E-state index in [4.69, 9.17) is 5.11 Å². The molecule has 0 radical (unpaired) electrons. The number of hydrogen-bond donors (Lipinski definition) is 1. The Morgan fingerprint density at radius 3 is 2.39 bits per heavy atom. The summed E-state index contributed by atoms with van der Waals surface area (Å²) < 4.78 is 60.8. The average molecular weight is 289 g/mol. The summed E-state index contributed by atoms with van der Waals surface area (Å²) in [6.45, 7) is -0.337. The van der Waals surface area contributed by atoms with E-state index in [1.807, 2.05) is 0 Å². The van der Waals surface area contributed by atoms with E-state index in [1.54, 1.807) is 0 Å². The maximum atomic E-state index is 12.7. The van der Waals surface area contributed by atoms with E-state index in [2.05, 4.69) is 0 Å². The maximum absolute atomic E-state index is 12.7. The van der Waals surface area contributed by atoms with Gasteiger partial charge in [0, 0.05) is 6.54 Å². The number of carbonyl (C=O) groups is 1. The number of alkyl halides is 3. The zero-order chi connectivity index (χ0) is 14.0. The maximum Gasteiger partial charge on any atom is 0.404 e. The number of rotatable bonds is 3. The van der Waals surface area contributed by atoms with Crippen molar-refractivity contribution in [3.05, 3.63) is 0 Å². The number of sulfone groups is 1. The van der Waals surface area contributed by atoms with E-state index in [9.17, 15) is 26.4 Å². The SMILES string of the molecule is O=C(O)CC(N1CCCS(=O)(=O)CC1)C(F)(F)F. The molecule has 5 nitrogen and oxygen atoms in total. The molecule has 0 saturated carbocycles. The fourth-order valence-electron chi connectivity index (χ4n) is 1.89. The van der Waals surface area contributed by atoms with Gasteiger partial charge in [0.1, 0.15) is 6.04 Å². The summed E-state index contributed by atoms with van der Waals surface area (Å²) in [5, 5.41) is 8.51. The van der Waals surface area contributed by atoms with E-state index >= 15 is 0 Å². The van der Waals surface area contributed by atoms with E-state index in [1.165, 1.54) is 0 Å². The van der Waals surface area contributed by atoms with Crippen LogP contribution in [0.15, 0.2) is 0 Å². The molecule has 1 unspecified atom stereocenters. The first kappa shape index (κ1) is 15.2. The highest BCUT2D eigenvalue weighted by atomic mass is 32.2. The van der Waals surface area contributed by atoms with Crippen LogP contribution in [0.3, 0.4) is 0 Å². The third kappa shape index (κ3) is 4.45. The van der Waals surface area contributed by atoms with Crippen molar-refractivity contribution in [2.75, 3.05) is 24.6 Å². The average Bonchev–Trinajstić information content (AvgIpc) is 2.34. The zero-order valence-electron chi connectivity index (χ0n) is 9.48. The third-order valence-electron chi connectivity index (χ3n) is 2.78. The third-order valence-corrected chi connectivity index (χ3v) is 4.49. The van der Waals surface area contributed by atoms with Crippen molar-refractivity contribution >= 4 is 15.8 Å². The van der Waals surface area contributed by atoms with Gasteiger partial charge in [-0.25, -0.2) is 8.42 Å². The smallest absolute Gasteiger partial charge is 0.404 e. The largest absolute Gasteiger partial charge is 0.481 e. The second-order valence-electron chi connectivity index (χ2n) is 4.20. The van der Waals surface area contributed by atoms with Gasteiger partial charge in [-0.1, -0.05) is 0 Å². The van der Waals surface area contributed by atoms with Crippen molar-refractivity contribution < 1.29 is 31.5 Å². The van der Waals surface area contributed by atoms with Gasteiger partial charge >= 0.3 is 12.1 Å². The molecule has 18 heavy (non-hydrogen) atoms. The second-order valence-corrected chi connectivity index (χ2v) is 6.50. The van der Waals surface area contributed by atoms with Crippen molar-refractivity contribution in [2.45, 2.75) is 25.1 Å². The Morgan fingerprint density at radius 1 is 1.28 bits per heavy atom. The molecule has 1 heterocycles. The topological polar surface area (TPSA) is 74.7 Å². The number of carboxylic acid groups (broad SMARTS) is 1. The highest BCUT2D eigenvalue weighted by Gasteiger charge is 2.45. The van der Waals surface area contributed by atoms with Crippen LogP contribution in [-0.4, -0.2) is 61.2 Å². The molecule has 1 N–H and O–H groups in total. The molecule has 0 aliphatic carbocycles. The van der Waals surface area contributed by atoms with Crippen LogP contribution in [0.1, 0.15) is 12.8 Å². The molecule has 1 rings (SSSR count). The predicted octanol–water partition coefficient (Wildman–Crippen LogP) is 0.512. The lowest BCUT2D eigenvalue weighted by atomic mass is 10.1. The molecule has 1 saturated heterocycles. The van der Waals surface area contributed by atoms with Crippen molar-refractivity contribution in [3.63, 3.8) is 0 Å². The van der Waals surface area contributed by atoms with Crippen LogP contribution in [0.25, 0.3) is 0 Å². The molecule has 1 aliphatic rings. The van der Waals surface area contributed by atoms with Crippen molar-refractivity contribution in [1.29, 1.82) is 0 Å². The lowest BCUT2D eigenvalue weighted by Gasteiger charge is -2.30. The lowest BCUT2D eigenvalue weighted by Crippen LogP contribution is -2.48. The number of halogens is 3. The van der Waals surface area contributed by atoms with Gasteiger partial charge in [-0.2, -0.15) is 13.2 Å². The molecule has 0 aromatic heterocycles. The van der Waals surface area contributed by atoms with Crippen LogP contribution in [0.4, 0.5) is 13.2 Å². The number of aliphatic carboxylic acids is 1. The summed E-state index contributed by atoms with van der Waals surface area (Å²) in [6.07, 6.45) is -5.65. The molecule has 0 aromatic carbocycles. The lowest BCUT2D eigenvalue weighted by molar-refractivity contribution is -0.190. The fraction of sp³-hybridized carbons (Fsp3) is 0.889. The second kappa shape index (κ2) is 5.43. The Morgan fingerprint density at radius 2 is 1.89 bits per heavy atom. The summed E-state index contributed by atoms with van der Waals surface area (Å²) in [4.78, 5) is 11.4. The minimum atomic E-state index is -4.67. The number of carboxylic acids is 1. The van der Waals surface area contributed by atoms with E-state index in [0.29, 0.717) is 0 Å². The molecule has 0 bridgehead atoms. The van der Waals surface area contributed by atoms with Gasteiger partial charge < -0.3 is 5.11 Å². The number of hydrogen-bond acceptors (Lipinski definition) is 4. The van der Waals surface area contributed by atoms with Crippen LogP contribution in [0.5, 0.6) is 0 Å². The summed E-state index contributed by atoms with van der Waals surface area (Å²) in [5.41, 5.74) is 0. The first-order chi connectivity index (χ1) is 8.12. The van der Waals surface area contributed by atoms with Crippen molar-refractivity contribution in [1.82, 2.24) is 4.90 Å². The molecule has 1 atom stereocenters. The van der Waals surface area contributed by atoms with Gasteiger partial charge in [0.2, 0.25) is 0 Å². The highest BCUT2D eigenvalue weighted by Crippen LogP contribution is 2.28. The molecular formula is C9H14F3NO4S. The van der Waals surface area contributed by atoms with Crippen LogP contribution >= 0.6 is 0 Å². The molecule has 106 valence electrons. The van der Waals surface area contributed by atoms with Crippen LogP contribution in [0, 0.1) is 0 Å². The van der Waals surface area contributed by atoms with Crippen molar-refractivity contribution in [2.24, 2.45) is 0 Å². The standard InChI is InChI=1S/C9H14F3NO4S/c10-9(11,12)7(6-8(14)15)13-2-1-4-18(16,17)5-3-13/h7H,1-6H2,(H,14,15). The first-order valence-corrected chi connectivity index (χ1v) is 7.17. The number of nitrogens with zero attached hydrogens (tertiary/aromatic N) is 1. The van der Waals surface area contributed by atoms with Crippen LogP contribution in [-0.2, 0) is 14.6 Å². The summed E-state index contributed by atoms with van der Waals surface area (Å²) in [6, 6.07) is -2.12. The Bertz CT molecular complexity index is 407. The molecular weight excluding hydrogens is 275 g/mol. The van der Waals surface area contributed by atoms with E-state index in [-0.39, 0.29) is 31.0 Å². The fourth-order valence-corrected chi connectivity index (χ4v) is 3.17. The predicted molar refractivity (Wildman–Crippen MR) is 56.9 cm³/mol. The Balaban J connectivity index is 2.83.